The molecule has 0 radical (unpaired) electrons. The van der Waals surface area contributed by atoms with Gasteiger partial charge in [0.15, 0.2) is 0 Å². The predicted molar refractivity (Wildman–Crippen MR) is 148 cm³/mol. The summed E-state index contributed by atoms with van der Waals surface area (Å²) in [5.41, 5.74) is 6.84. The molecule has 0 spiro atoms. The lowest BCUT2D eigenvalue weighted by Crippen LogP contribution is -2.43. The molecule has 0 saturated heterocycles. The second-order valence-corrected chi connectivity index (χ2v) is 9.64. The first-order valence-electron chi connectivity index (χ1n) is 12.2. The second kappa shape index (κ2) is 13.3. The van der Waals surface area contributed by atoms with Crippen molar-refractivity contribution in [1.29, 1.82) is 5.41 Å². The molecule has 1 aliphatic rings. The Morgan fingerprint density at radius 1 is 1.03 bits per heavy atom. The van der Waals surface area contributed by atoms with Gasteiger partial charge in [0.25, 0.3) is 0 Å². The average molecular weight is 447 g/mol. The number of aliphatic imine (C=N–C) groups is 1. The van der Waals surface area contributed by atoms with Crippen LogP contribution in [0, 0.1) is 10.8 Å². The summed E-state index contributed by atoms with van der Waals surface area (Å²) in [6, 6.07) is 16.9. The zero-order valence-corrected chi connectivity index (χ0v) is 21.0. The number of hydrogen-bond acceptors (Lipinski definition) is 2. The Balaban J connectivity index is 0.000000323. The molecule has 3 rings (SSSR count). The highest BCUT2D eigenvalue weighted by atomic mass is 14.9. The number of aryl methyl sites for hydroxylation is 1. The molecule has 2 aromatic carbocycles. The first-order chi connectivity index (χ1) is 15.3. The quantitative estimate of drug-likeness (QED) is 0.393. The SMILES string of the molecule is C.CCCC(C)(CC)C1(C)CC(C)=CC=N1.CCc1ccc(Cc2cccc(C=N)c2)cc1. The third-order valence-electron chi connectivity index (χ3n) is 7.18. The third-order valence-corrected chi connectivity index (χ3v) is 7.18. The minimum absolute atomic E-state index is 0. The number of allylic oxidation sites excluding steroid dienone is 1. The van der Waals surface area contributed by atoms with E-state index in [1.54, 1.807) is 0 Å². The molecule has 0 aliphatic carbocycles. The Bertz CT molecular complexity index is 922. The fraction of sp³-hybridized carbons (Fsp3) is 0.484. The molecule has 0 bridgehead atoms. The van der Waals surface area contributed by atoms with Crippen molar-refractivity contribution in [2.45, 2.75) is 93.0 Å². The predicted octanol–water partition coefficient (Wildman–Crippen LogP) is 8.86. The Hall–Kier alpha value is -2.48. The number of benzene rings is 2. The van der Waals surface area contributed by atoms with Gasteiger partial charge >= 0.3 is 0 Å². The van der Waals surface area contributed by atoms with Crippen molar-refractivity contribution >= 4 is 12.4 Å². The number of nitrogens with zero attached hydrogens (tertiary/aromatic N) is 1. The van der Waals surface area contributed by atoms with Crippen molar-refractivity contribution in [3.05, 3.63) is 82.4 Å². The van der Waals surface area contributed by atoms with E-state index in [0.717, 1.165) is 24.8 Å². The van der Waals surface area contributed by atoms with Crippen molar-refractivity contribution in [2.24, 2.45) is 10.4 Å². The largest absolute Gasteiger partial charge is 0.308 e. The van der Waals surface area contributed by atoms with Gasteiger partial charge in [-0.05, 0) is 85.8 Å². The summed E-state index contributed by atoms with van der Waals surface area (Å²) < 4.78 is 0. The topological polar surface area (TPSA) is 36.2 Å². The van der Waals surface area contributed by atoms with Crippen LogP contribution in [0.25, 0.3) is 0 Å². The number of hydrogen-bond donors (Lipinski definition) is 1. The summed E-state index contributed by atoms with van der Waals surface area (Å²) in [5, 5.41) is 7.25. The van der Waals surface area contributed by atoms with Crippen LogP contribution in [0.1, 0.15) is 96.9 Å². The van der Waals surface area contributed by atoms with Crippen LogP contribution >= 0.6 is 0 Å². The van der Waals surface area contributed by atoms with Gasteiger partial charge in [-0.1, -0.05) is 89.6 Å². The lowest BCUT2D eigenvalue weighted by Gasteiger charge is -2.45. The molecular formula is C31H46N2. The highest BCUT2D eigenvalue weighted by Gasteiger charge is 2.42. The minimum atomic E-state index is 0. The molecule has 180 valence electrons. The van der Waals surface area contributed by atoms with Gasteiger partial charge in [0.1, 0.15) is 0 Å². The number of rotatable bonds is 8. The molecule has 2 nitrogen and oxygen atoms in total. The average Bonchev–Trinajstić information content (AvgIpc) is 2.80. The van der Waals surface area contributed by atoms with Crippen LogP contribution in [-0.2, 0) is 12.8 Å². The second-order valence-electron chi connectivity index (χ2n) is 9.64. The van der Waals surface area contributed by atoms with E-state index in [4.69, 9.17) is 10.4 Å². The van der Waals surface area contributed by atoms with Crippen molar-refractivity contribution < 1.29 is 0 Å². The van der Waals surface area contributed by atoms with Gasteiger partial charge in [0.05, 0.1) is 5.54 Å². The minimum Gasteiger partial charge on any atom is -0.308 e. The first kappa shape index (κ1) is 28.6. The van der Waals surface area contributed by atoms with Gasteiger partial charge in [-0.25, -0.2) is 0 Å². The van der Waals surface area contributed by atoms with Crippen LogP contribution < -0.4 is 0 Å². The van der Waals surface area contributed by atoms with Crippen molar-refractivity contribution in [2.75, 3.05) is 0 Å². The van der Waals surface area contributed by atoms with E-state index in [9.17, 15) is 0 Å². The van der Waals surface area contributed by atoms with Gasteiger partial charge < -0.3 is 5.41 Å². The monoisotopic (exact) mass is 446 g/mol. The highest BCUT2D eigenvalue weighted by Crippen LogP contribution is 2.46. The van der Waals surface area contributed by atoms with Crippen LogP contribution in [-0.4, -0.2) is 18.0 Å². The van der Waals surface area contributed by atoms with E-state index in [-0.39, 0.29) is 13.0 Å². The molecule has 2 unspecified atom stereocenters. The molecule has 0 amide bonds. The van der Waals surface area contributed by atoms with Gasteiger partial charge in [-0.3, -0.25) is 4.99 Å². The lowest BCUT2D eigenvalue weighted by atomic mass is 9.64. The number of dihydropyridines is 1. The standard InChI is InChI=1S/C16H17N.C14H25N.CH4/c1-2-13-6-8-14(9-7-13)10-15-4-3-5-16(11-15)12-17;1-6-9-13(4,7-2)14(5)11-12(3)8-10-15-14;/h3-9,11-12,17H,2,10H2,1H3;8,10H,6-7,9,11H2,1-5H3;1H4. The molecule has 1 heterocycles. The van der Waals surface area contributed by atoms with Crippen molar-refractivity contribution in [3.63, 3.8) is 0 Å². The Labute approximate surface area is 203 Å². The Morgan fingerprint density at radius 2 is 1.70 bits per heavy atom. The molecule has 2 atom stereocenters. The fourth-order valence-electron chi connectivity index (χ4n) is 4.65. The van der Waals surface area contributed by atoms with E-state index in [1.165, 1.54) is 47.7 Å². The maximum absolute atomic E-state index is 7.25. The Kier molecular flexibility index (Phi) is 11.5. The molecule has 1 N–H and O–H groups in total. The lowest BCUT2D eigenvalue weighted by molar-refractivity contribution is 0.136. The summed E-state index contributed by atoms with van der Waals surface area (Å²) in [4.78, 5) is 4.77. The Morgan fingerprint density at radius 3 is 2.24 bits per heavy atom. The van der Waals surface area contributed by atoms with E-state index >= 15 is 0 Å². The van der Waals surface area contributed by atoms with Crippen molar-refractivity contribution in [3.8, 4) is 0 Å². The van der Waals surface area contributed by atoms with Crippen LogP contribution in [0.4, 0.5) is 0 Å². The number of nitrogens with one attached hydrogen (secondary N) is 1. The van der Waals surface area contributed by atoms with Crippen LogP contribution in [0.3, 0.4) is 0 Å². The van der Waals surface area contributed by atoms with Gasteiger partial charge in [-0.15, -0.1) is 0 Å². The van der Waals surface area contributed by atoms with E-state index in [0.29, 0.717) is 5.41 Å². The normalized spacial score (nSPS) is 18.8. The summed E-state index contributed by atoms with van der Waals surface area (Å²) in [6.07, 6.45) is 12.4. The third kappa shape index (κ3) is 7.81. The molecule has 0 aromatic heterocycles. The molecular weight excluding hydrogens is 400 g/mol. The molecule has 0 fully saturated rings. The van der Waals surface area contributed by atoms with E-state index in [1.807, 2.05) is 18.3 Å². The van der Waals surface area contributed by atoms with Gasteiger partial charge in [0, 0.05) is 12.4 Å². The van der Waals surface area contributed by atoms with Gasteiger partial charge in [0.2, 0.25) is 0 Å². The molecule has 33 heavy (non-hydrogen) atoms. The summed E-state index contributed by atoms with van der Waals surface area (Å²) in [6.45, 7) is 13.7. The van der Waals surface area contributed by atoms with E-state index < -0.39 is 0 Å². The van der Waals surface area contributed by atoms with Gasteiger partial charge in [-0.2, -0.15) is 0 Å². The first-order valence-corrected chi connectivity index (χ1v) is 12.2. The summed E-state index contributed by atoms with van der Waals surface area (Å²) in [5.74, 6) is 0. The summed E-state index contributed by atoms with van der Waals surface area (Å²) >= 11 is 0. The van der Waals surface area contributed by atoms with Crippen LogP contribution in [0.15, 0.2) is 65.2 Å². The maximum atomic E-state index is 7.25. The van der Waals surface area contributed by atoms with E-state index in [2.05, 4.69) is 84.0 Å². The zero-order valence-electron chi connectivity index (χ0n) is 21.0. The highest BCUT2D eigenvalue weighted by molar-refractivity contribution is 5.77. The molecule has 2 aromatic rings. The summed E-state index contributed by atoms with van der Waals surface area (Å²) in [7, 11) is 0. The zero-order chi connectivity index (χ0) is 23.6. The molecule has 2 heteroatoms. The molecule has 0 saturated carbocycles. The van der Waals surface area contributed by atoms with Crippen LogP contribution in [0.5, 0.6) is 0 Å². The van der Waals surface area contributed by atoms with Crippen LogP contribution in [0.2, 0.25) is 0 Å². The smallest absolute Gasteiger partial charge is 0.0670 e. The maximum Gasteiger partial charge on any atom is 0.0670 e. The van der Waals surface area contributed by atoms with Crippen molar-refractivity contribution in [1.82, 2.24) is 0 Å². The molecule has 1 aliphatic heterocycles. The fourth-order valence-corrected chi connectivity index (χ4v) is 4.65.